The maximum Gasteiger partial charge on any atom is 0.256 e. The minimum Gasteiger partial charge on any atom is -0.471 e. The zero-order valence-corrected chi connectivity index (χ0v) is 16.5. The molecule has 0 spiro atoms. The molecular formula is C21H21N7O2. The second-order valence-corrected chi connectivity index (χ2v) is 7.35. The van der Waals surface area contributed by atoms with Gasteiger partial charge in [0.1, 0.15) is 11.6 Å². The lowest BCUT2D eigenvalue weighted by Crippen LogP contribution is -2.49. The first-order valence-electron chi connectivity index (χ1n) is 9.92. The van der Waals surface area contributed by atoms with E-state index in [-0.39, 0.29) is 18.1 Å². The van der Waals surface area contributed by atoms with Crippen molar-refractivity contribution >= 4 is 11.4 Å². The number of carbonyl (C=O) groups is 1. The molecule has 0 bridgehead atoms. The van der Waals surface area contributed by atoms with Gasteiger partial charge in [0.05, 0.1) is 36.4 Å². The van der Waals surface area contributed by atoms with Crippen LogP contribution in [-0.2, 0) is 0 Å². The third-order valence-corrected chi connectivity index (χ3v) is 5.44. The van der Waals surface area contributed by atoms with Crippen LogP contribution in [0.5, 0.6) is 5.88 Å². The number of amides is 1. The summed E-state index contributed by atoms with van der Waals surface area (Å²) in [7, 11) is 0. The number of carbonyl (C=O) groups excluding carboxylic acids is 1. The lowest BCUT2D eigenvalue weighted by atomic mass is 9.99. The van der Waals surface area contributed by atoms with Gasteiger partial charge in [-0.1, -0.05) is 12.1 Å². The smallest absolute Gasteiger partial charge is 0.256 e. The van der Waals surface area contributed by atoms with Crippen molar-refractivity contribution in [2.24, 2.45) is 0 Å². The van der Waals surface area contributed by atoms with Crippen molar-refractivity contribution in [1.82, 2.24) is 34.5 Å². The summed E-state index contributed by atoms with van der Waals surface area (Å²) in [4.78, 5) is 21.2. The molecule has 1 aliphatic heterocycles. The summed E-state index contributed by atoms with van der Waals surface area (Å²) in [5.74, 6) is 0.474. The predicted molar refractivity (Wildman–Crippen MR) is 108 cm³/mol. The van der Waals surface area contributed by atoms with Gasteiger partial charge in [-0.3, -0.25) is 4.79 Å². The average molecular weight is 403 g/mol. The van der Waals surface area contributed by atoms with Gasteiger partial charge in [-0.2, -0.15) is 20.1 Å². The van der Waals surface area contributed by atoms with E-state index in [4.69, 9.17) is 4.74 Å². The van der Waals surface area contributed by atoms with Gasteiger partial charge in [0.2, 0.25) is 5.88 Å². The Bertz CT molecular complexity index is 1170. The van der Waals surface area contributed by atoms with Crippen LogP contribution in [-0.4, -0.2) is 59.1 Å². The highest BCUT2D eigenvalue weighted by Crippen LogP contribution is 2.26. The normalized spacial score (nSPS) is 19.2. The SMILES string of the molecule is C[C@@H]1CC[C@@H](Oc2nccn3nccc23)CN1C(=O)c1ccccc1-n1nccn1. The summed E-state index contributed by atoms with van der Waals surface area (Å²) in [5.41, 5.74) is 2.04. The highest BCUT2D eigenvalue weighted by Gasteiger charge is 2.32. The number of ether oxygens (including phenoxy) is 1. The summed E-state index contributed by atoms with van der Waals surface area (Å²) in [5, 5.41) is 12.6. The number of rotatable bonds is 4. The Balaban J connectivity index is 1.39. The van der Waals surface area contributed by atoms with Crippen molar-refractivity contribution in [3.05, 3.63) is 66.9 Å². The second-order valence-electron chi connectivity index (χ2n) is 7.35. The van der Waals surface area contributed by atoms with Crippen molar-refractivity contribution in [3.63, 3.8) is 0 Å². The molecule has 0 unspecified atom stereocenters. The Hall–Kier alpha value is -3.75. The van der Waals surface area contributed by atoms with Crippen LogP contribution in [0.15, 0.2) is 61.3 Å². The monoisotopic (exact) mass is 403 g/mol. The van der Waals surface area contributed by atoms with Crippen LogP contribution in [0.1, 0.15) is 30.1 Å². The number of benzene rings is 1. The molecule has 152 valence electrons. The fraction of sp³-hybridized carbons (Fsp3) is 0.286. The zero-order chi connectivity index (χ0) is 20.5. The maximum absolute atomic E-state index is 13.5. The van der Waals surface area contributed by atoms with Crippen LogP contribution in [0, 0.1) is 0 Å². The fourth-order valence-corrected chi connectivity index (χ4v) is 3.86. The van der Waals surface area contributed by atoms with E-state index in [1.165, 1.54) is 4.80 Å². The molecule has 4 aromatic rings. The molecular weight excluding hydrogens is 382 g/mol. The van der Waals surface area contributed by atoms with E-state index in [9.17, 15) is 4.79 Å². The molecule has 3 aromatic heterocycles. The van der Waals surface area contributed by atoms with Crippen molar-refractivity contribution in [3.8, 4) is 11.6 Å². The number of fused-ring (bicyclic) bond motifs is 1. The molecule has 0 aliphatic carbocycles. The van der Waals surface area contributed by atoms with Crippen molar-refractivity contribution < 1.29 is 9.53 Å². The molecule has 0 radical (unpaired) electrons. The lowest BCUT2D eigenvalue weighted by molar-refractivity contribution is 0.0376. The Morgan fingerprint density at radius 1 is 1.03 bits per heavy atom. The number of aromatic nitrogens is 6. The largest absolute Gasteiger partial charge is 0.471 e. The fourth-order valence-electron chi connectivity index (χ4n) is 3.86. The third kappa shape index (κ3) is 3.28. The molecule has 9 heteroatoms. The molecule has 1 aliphatic rings. The van der Waals surface area contributed by atoms with E-state index in [1.807, 2.05) is 35.2 Å². The number of hydrogen-bond acceptors (Lipinski definition) is 6. The standard InChI is InChI=1S/C21H21N7O2/c1-15-6-7-16(30-20-19-8-9-23-27(19)13-12-22-20)14-26(15)21(29)17-4-2-3-5-18(17)28-24-10-11-25-28/h2-5,8-13,15-16H,6-7,14H2,1H3/t15-,16-/m1/s1. The summed E-state index contributed by atoms with van der Waals surface area (Å²) in [6.45, 7) is 2.55. The van der Waals surface area contributed by atoms with Crippen LogP contribution >= 0.6 is 0 Å². The highest BCUT2D eigenvalue weighted by atomic mass is 16.5. The lowest BCUT2D eigenvalue weighted by Gasteiger charge is -2.38. The van der Waals surface area contributed by atoms with Crippen LogP contribution < -0.4 is 4.74 Å². The maximum atomic E-state index is 13.5. The summed E-state index contributed by atoms with van der Waals surface area (Å²) < 4.78 is 7.92. The molecule has 0 saturated carbocycles. The molecule has 0 N–H and O–H groups in total. The molecule has 1 fully saturated rings. The van der Waals surface area contributed by atoms with Gasteiger partial charge in [0.25, 0.3) is 5.91 Å². The summed E-state index contributed by atoms with van der Waals surface area (Å²) >= 11 is 0. The Kier molecular flexibility index (Phi) is 4.62. The summed E-state index contributed by atoms with van der Waals surface area (Å²) in [6.07, 6.45) is 9.90. The number of nitrogens with zero attached hydrogens (tertiary/aromatic N) is 7. The van der Waals surface area contributed by atoms with E-state index >= 15 is 0 Å². The number of likely N-dealkylation sites (tertiary alicyclic amines) is 1. The van der Waals surface area contributed by atoms with Gasteiger partial charge in [-0.15, -0.1) is 0 Å². The average Bonchev–Trinajstić information content (AvgIpc) is 3.47. The first-order chi connectivity index (χ1) is 14.7. The summed E-state index contributed by atoms with van der Waals surface area (Å²) in [6, 6.07) is 9.36. The van der Waals surface area contributed by atoms with Crippen LogP contribution in [0.25, 0.3) is 11.2 Å². The predicted octanol–water partition coefficient (Wildman–Crippen LogP) is 2.38. The molecule has 9 nitrogen and oxygen atoms in total. The van der Waals surface area contributed by atoms with Crippen molar-refractivity contribution in [2.75, 3.05) is 6.54 Å². The second kappa shape index (κ2) is 7.58. The first kappa shape index (κ1) is 18.3. The van der Waals surface area contributed by atoms with Gasteiger partial charge in [0.15, 0.2) is 0 Å². The Morgan fingerprint density at radius 2 is 1.87 bits per heavy atom. The van der Waals surface area contributed by atoms with E-state index in [0.717, 1.165) is 18.4 Å². The van der Waals surface area contributed by atoms with Crippen LogP contribution in [0.4, 0.5) is 0 Å². The van der Waals surface area contributed by atoms with E-state index in [2.05, 4.69) is 27.2 Å². The number of piperidine rings is 1. The van der Waals surface area contributed by atoms with Gasteiger partial charge < -0.3 is 9.64 Å². The van der Waals surface area contributed by atoms with Gasteiger partial charge in [-0.25, -0.2) is 9.50 Å². The van der Waals surface area contributed by atoms with Crippen LogP contribution in [0.2, 0.25) is 0 Å². The van der Waals surface area contributed by atoms with Gasteiger partial charge in [0, 0.05) is 18.4 Å². The topological polar surface area (TPSA) is 90.4 Å². The minimum absolute atomic E-state index is 0.0563. The molecule has 1 amide bonds. The van der Waals surface area contributed by atoms with Crippen molar-refractivity contribution in [1.29, 1.82) is 0 Å². The minimum atomic E-state index is -0.145. The van der Waals surface area contributed by atoms with Gasteiger partial charge in [-0.05, 0) is 38.0 Å². The third-order valence-electron chi connectivity index (χ3n) is 5.44. The quantitative estimate of drug-likeness (QED) is 0.520. The Morgan fingerprint density at radius 3 is 2.73 bits per heavy atom. The van der Waals surface area contributed by atoms with Crippen LogP contribution in [0.3, 0.4) is 0 Å². The highest BCUT2D eigenvalue weighted by molar-refractivity contribution is 5.98. The van der Waals surface area contributed by atoms with E-state index in [1.54, 1.807) is 35.5 Å². The first-order valence-corrected chi connectivity index (χ1v) is 9.92. The molecule has 5 rings (SSSR count). The molecule has 4 heterocycles. The zero-order valence-electron chi connectivity index (χ0n) is 16.5. The molecule has 1 saturated heterocycles. The van der Waals surface area contributed by atoms with E-state index in [0.29, 0.717) is 23.7 Å². The Labute approximate surface area is 172 Å². The van der Waals surface area contributed by atoms with Gasteiger partial charge >= 0.3 is 0 Å². The van der Waals surface area contributed by atoms with E-state index < -0.39 is 0 Å². The molecule has 2 atom stereocenters. The number of para-hydroxylation sites is 1. The number of hydrogen-bond donors (Lipinski definition) is 0. The molecule has 30 heavy (non-hydrogen) atoms. The van der Waals surface area contributed by atoms with Crippen molar-refractivity contribution in [2.45, 2.75) is 31.9 Å². The molecule has 1 aromatic carbocycles.